The van der Waals surface area contributed by atoms with Crippen molar-refractivity contribution >= 4 is 0 Å². The van der Waals surface area contributed by atoms with Gasteiger partial charge in [-0.05, 0) is 32.0 Å². The van der Waals surface area contributed by atoms with Crippen molar-refractivity contribution in [3.63, 3.8) is 0 Å². The molecule has 0 saturated carbocycles. The largest absolute Gasteiger partial charge is 0.497 e. The molecule has 0 bridgehead atoms. The molecule has 4 nitrogen and oxygen atoms in total. The zero-order valence-electron chi connectivity index (χ0n) is 11.5. The van der Waals surface area contributed by atoms with Crippen LogP contribution in [0.3, 0.4) is 0 Å². The van der Waals surface area contributed by atoms with Gasteiger partial charge in [0.15, 0.2) is 0 Å². The average molecular weight is 256 g/mol. The number of ether oxygens (including phenoxy) is 2. The fourth-order valence-electron chi connectivity index (χ4n) is 2.22. The molecule has 0 aliphatic heterocycles. The highest BCUT2D eigenvalue weighted by Gasteiger charge is 2.14. The van der Waals surface area contributed by atoms with Crippen LogP contribution < -0.4 is 9.47 Å². The first-order valence-electron chi connectivity index (χ1n) is 5.93. The van der Waals surface area contributed by atoms with Crippen LogP contribution in [0.4, 0.5) is 0 Å². The Kier molecular flexibility index (Phi) is 3.48. The second-order valence-corrected chi connectivity index (χ2v) is 4.27. The van der Waals surface area contributed by atoms with Gasteiger partial charge in [0.2, 0.25) is 0 Å². The van der Waals surface area contributed by atoms with Gasteiger partial charge in [0.1, 0.15) is 17.6 Å². The maximum Gasteiger partial charge on any atom is 0.143 e. The lowest BCUT2D eigenvalue weighted by Crippen LogP contribution is -2.02. The molecular formula is C15H16N2O2. The van der Waals surface area contributed by atoms with Gasteiger partial charge in [0.25, 0.3) is 0 Å². The van der Waals surface area contributed by atoms with Crippen LogP contribution in [-0.2, 0) is 0 Å². The Morgan fingerprint density at radius 3 is 2.37 bits per heavy atom. The van der Waals surface area contributed by atoms with E-state index in [1.165, 1.54) is 0 Å². The van der Waals surface area contributed by atoms with Gasteiger partial charge >= 0.3 is 0 Å². The summed E-state index contributed by atoms with van der Waals surface area (Å²) in [4.78, 5) is 0. The quantitative estimate of drug-likeness (QED) is 0.848. The molecular weight excluding hydrogens is 240 g/mol. The first-order valence-corrected chi connectivity index (χ1v) is 5.93. The maximum absolute atomic E-state index is 9.11. The predicted molar refractivity (Wildman–Crippen MR) is 73.1 cm³/mol. The Bertz CT molecular complexity index is 651. The molecule has 1 aromatic carbocycles. The molecule has 4 heteroatoms. The summed E-state index contributed by atoms with van der Waals surface area (Å²) in [5, 5.41) is 9.11. The Hall–Kier alpha value is -2.41. The van der Waals surface area contributed by atoms with Gasteiger partial charge in [-0.3, -0.25) is 0 Å². The molecule has 0 saturated heterocycles. The predicted octanol–water partition coefficient (Wildman–Crippen LogP) is 2.98. The van der Waals surface area contributed by atoms with E-state index in [1.807, 2.05) is 42.7 Å². The summed E-state index contributed by atoms with van der Waals surface area (Å²) in [5.74, 6) is 1.49. The van der Waals surface area contributed by atoms with Crippen LogP contribution in [0.1, 0.15) is 17.0 Å². The van der Waals surface area contributed by atoms with E-state index >= 15 is 0 Å². The molecule has 0 aliphatic rings. The number of hydrogen-bond donors (Lipinski definition) is 0. The number of benzene rings is 1. The van der Waals surface area contributed by atoms with Crippen LogP contribution in [0, 0.1) is 25.2 Å². The third-order valence-corrected chi connectivity index (χ3v) is 3.18. The van der Waals surface area contributed by atoms with Gasteiger partial charge in [-0.25, -0.2) is 0 Å². The highest BCUT2D eigenvalue weighted by molar-refractivity contribution is 5.55. The molecule has 0 radical (unpaired) electrons. The van der Waals surface area contributed by atoms with Crippen molar-refractivity contribution in [2.45, 2.75) is 13.8 Å². The molecule has 0 unspecified atom stereocenters. The number of rotatable bonds is 3. The summed E-state index contributed by atoms with van der Waals surface area (Å²) in [6, 6.07) is 9.68. The summed E-state index contributed by atoms with van der Waals surface area (Å²) < 4.78 is 12.6. The molecule has 0 atom stereocenters. The first kappa shape index (κ1) is 13.0. The van der Waals surface area contributed by atoms with Crippen LogP contribution >= 0.6 is 0 Å². The van der Waals surface area contributed by atoms with Crippen molar-refractivity contribution in [3.8, 4) is 23.3 Å². The van der Waals surface area contributed by atoms with Gasteiger partial charge in [0, 0.05) is 17.5 Å². The van der Waals surface area contributed by atoms with Crippen molar-refractivity contribution in [3.05, 3.63) is 41.2 Å². The van der Waals surface area contributed by atoms with E-state index in [4.69, 9.17) is 14.7 Å². The third-order valence-electron chi connectivity index (χ3n) is 3.18. The van der Waals surface area contributed by atoms with Gasteiger partial charge in [0.05, 0.1) is 25.5 Å². The SMILES string of the molecule is COc1ccc(OC)c(-n2c(C)cc(C#N)c2C)c1. The summed E-state index contributed by atoms with van der Waals surface area (Å²) in [6.45, 7) is 3.89. The Labute approximate surface area is 112 Å². The average Bonchev–Trinajstić information content (AvgIpc) is 2.72. The van der Waals surface area contributed by atoms with Gasteiger partial charge in [-0.15, -0.1) is 0 Å². The van der Waals surface area contributed by atoms with E-state index in [1.54, 1.807) is 14.2 Å². The number of hydrogen-bond acceptors (Lipinski definition) is 3. The van der Waals surface area contributed by atoms with Crippen LogP contribution in [0.25, 0.3) is 5.69 Å². The molecule has 0 N–H and O–H groups in total. The zero-order valence-corrected chi connectivity index (χ0v) is 11.5. The molecule has 2 aromatic rings. The van der Waals surface area contributed by atoms with E-state index in [0.717, 1.165) is 28.6 Å². The molecule has 2 rings (SSSR count). The number of aryl methyl sites for hydroxylation is 1. The third kappa shape index (κ3) is 2.15. The summed E-state index contributed by atoms with van der Waals surface area (Å²) in [7, 11) is 3.26. The van der Waals surface area contributed by atoms with Crippen molar-refractivity contribution in [1.82, 2.24) is 4.57 Å². The van der Waals surface area contributed by atoms with Crippen LogP contribution in [0.15, 0.2) is 24.3 Å². The lowest BCUT2D eigenvalue weighted by Gasteiger charge is -2.15. The zero-order chi connectivity index (χ0) is 14.0. The summed E-state index contributed by atoms with van der Waals surface area (Å²) in [5.41, 5.74) is 3.42. The molecule has 0 fully saturated rings. The Morgan fingerprint density at radius 2 is 1.84 bits per heavy atom. The molecule has 1 heterocycles. The van der Waals surface area contributed by atoms with Crippen LogP contribution in [0.2, 0.25) is 0 Å². The molecule has 0 spiro atoms. The first-order chi connectivity index (χ1) is 9.12. The molecule has 19 heavy (non-hydrogen) atoms. The number of nitriles is 1. The number of nitrogens with zero attached hydrogens (tertiary/aromatic N) is 2. The van der Waals surface area contributed by atoms with E-state index in [0.29, 0.717) is 5.56 Å². The van der Waals surface area contributed by atoms with E-state index in [2.05, 4.69) is 6.07 Å². The minimum atomic E-state index is 0.669. The normalized spacial score (nSPS) is 10.1. The van der Waals surface area contributed by atoms with Crippen molar-refractivity contribution in [2.75, 3.05) is 14.2 Å². The van der Waals surface area contributed by atoms with Crippen molar-refractivity contribution in [1.29, 1.82) is 5.26 Å². The highest BCUT2D eigenvalue weighted by atomic mass is 16.5. The smallest absolute Gasteiger partial charge is 0.143 e. The van der Waals surface area contributed by atoms with E-state index in [-0.39, 0.29) is 0 Å². The number of methoxy groups -OCH3 is 2. The summed E-state index contributed by atoms with van der Waals surface area (Å²) in [6.07, 6.45) is 0. The van der Waals surface area contributed by atoms with E-state index < -0.39 is 0 Å². The molecule has 0 aliphatic carbocycles. The van der Waals surface area contributed by atoms with Crippen LogP contribution in [0.5, 0.6) is 11.5 Å². The fraction of sp³-hybridized carbons (Fsp3) is 0.267. The maximum atomic E-state index is 9.11. The van der Waals surface area contributed by atoms with E-state index in [9.17, 15) is 0 Å². The lowest BCUT2D eigenvalue weighted by molar-refractivity contribution is 0.401. The molecule has 1 aromatic heterocycles. The molecule has 0 amide bonds. The Morgan fingerprint density at radius 1 is 1.11 bits per heavy atom. The standard InChI is InChI=1S/C15H16N2O2/c1-10-7-12(9-16)11(2)17(10)14-8-13(18-3)5-6-15(14)19-4/h5-8H,1-4H3. The summed E-state index contributed by atoms with van der Waals surface area (Å²) >= 11 is 0. The monoisotopic (exact) mass is 256 g/mol. The minimum Gasteiger partial charge on any atom is -0.497 e. The molecule has 98 valence electrons. The Balaban J connectivity index is 2.71. The van der Waals surface area contributed by atoms with Crippen molar-refractivity contribution < 1.29 is 9.47 Å². The number of aromatic nitrogens is 1. The van der Waals surface area contributed by atoms with Gasteiger partial charge < -0.3 is 14.0 Å². The fourth-order valence-corrected chi connectivity index (χ4v) is 2.22. The van der Waals surface area contributed by atoms with Crippen molar-refractivity contribution in [2.24, 2.45) is 0 Å². The highest BCUT2D eigenvalue weighted by Crippen LogP contribution is 2.31. The van der Waals surface area contributed by atoms with Crippen LogP contribution in [-0.4, -0.2) is 18.8 Å². The van der Waals surface area contributed by atoms with Gasteiger partial charge in [-0.1, -0.05) is 0 Å². The topological polar surface area (TPSA) is 47.2 Å². The second-order valence-electron chi connectivity index (χ2n) is 4.27. The van der Waals surface area contributed by atoms with Gasteiger partial charge in [-0.2, -0.15) is 5.26 Å². The minimum absolute atomic E-state index is 0.669. The second kappa shape index (κ2) is 5.07. The lowest BCUT2D eigenvalue weighted by atomic mass is 10.2.